The zero-order valence-electron chi connectivity index (χ0n) is 11.6. The van der Waals surface area contributed by atoms with E-state index in [1.54, 1.807) is 0 Å². The molecule has 2 aliphatic carbocycles. The number of rotatable bonds is 2. The van der Waals surface area contributed by atoms with Crippen LogP contribution in [-0.2, 0) is 4.79 Å². The van der Waals surface area contributed by atoms with Crippen LogP contribution in [0.15, 0.2) is 5.10 Å². The van der Waals surface area contributed by atoms with Crippen molar-refractivity contribution in [2.75, 3.05) is 0 Å². The highest BCUT2D eigenvalue weighted by atomic mass is 16.2. The molecule has 0 aromatic heterocycles. The Labute approximate surface area is 104 Å². The summed E-state index contributed by atoms with van der Waals surface area (Å²) in [6, 6.07) is 0. The summed E-state index contributed by atoms with van der Waals surface area (Å²) >= 11 is 0. The molecule has 0 saturated heterocycles. The molecule has 2 unspecified atom stereocenters. The van der Waals surface area contributed by atoms with E-state index in [0.29, 0.717) is 5.41 Å². The Balaban J connectivity index is 2.15. The number of amides is 1. The van der Waals surface area contributed by atoms with Gasteiger partial charge in [-0.1, -0.05) is 34.6 Å². The van der Waals surface area contributed by atoms with Gasteiger partial charge in [-0.3, -0.25) is 4.79 Å². The van der Waals surface area contributed by atoms with Crippen LogP contribution < -0.4 is 5.43 Å². The molecule has 2 rings (SSSR count). The van der Waals surface area contributed by atoms with Crippen molar-refractivity contribution in [1.82, 2.24) is 5.43 Å². The molecular weight excluding hydrogens is 212 g/mol. The lowest BCUT2D eigenvalue weighted by Crippen LogP contribution is -2.34. The second-order valence-electron chi connectivity index (χ2n) is 6.68. The summed E-state index contributed by atoms with van der Waals surface area (Å²) in [4.78, 5) is 11.6. The molecule has 2 fully saturated rings. The number of carbonyl (C=O) groups is 1. The van der Waals surface area contributed by atoms with Gasteiger partial charge in [-0.15, -0.1) is 0 Å². The minimum atomic E-state index is -0.00115. The van der Waals surface area contributed by atoms with Gasteiger partial charge in [0.1, 0.15) is 0 Å². The molecule has 3 heteroatoms. The summed E-state index contributed by atoms with van der Waals surface area (Å²) in [5.74, 6) is 0.752. The first-order valence-corrected chi connectivity index (χ1v) is 6.66. The summed E-state index contributed by atoms with van der Waals surface area (Å²) in [5, 5.41) is 4.41. The van der Waals surface area contributed by atoms with Crippen molar-refractivity contribution in [1.29, 1.82) is 0 Å². The zero-order valence-corrected chi connectivity index (χ0v) is 11.6. The van der Waals surface area contributed by atoms with E-state index >= 15 is 0 Å². The molecule has 0 heterocycles. The number of hydrazone groups is 1. The van der Waals surface area contributed by atoms with E-state index in [2.05, 4.69) is 31.3 Å². The molecule has 3 nitrogen and oxygen atoms in total. The van der Waals surface area contributed by atoms with Crippen LogP contribution in [0.5, 0.6) is 0 Å². The number of fused-ring (bicyclic) bond motifs is 2. The molecular formula is C14H24N2O. The van der Waals surface area contributed by atoms with Crippen LogP contribution in [0.1, 0.15) is 53.9 Å². The molecule has 1 N–H and O–H groups in total. The van der Waals surface area contributed by atoms with Gasteiger partial charge in [0.05, 0.1) is 0 Å². The van der Waals surface area contributed by atoms with Crippen molar-refractivity contribution >= 4 is 11.6 Å². The zero-order chi connectivity index (χ0) is 12.8. The third-order valence-electron chi connectivity index (χ3n) is 5.34. The molecule has 0 aliphatic heterocycles. The molecule has 2 saturated carbocycles. The number of nitrogens with zero attached hydrogens (tertiary/aromatic N) is 1. The van der Waals surface area contributed by atoms with E-state index in [-0.39, 0.29) is 17.2 Å². The standard InChI is InChI=1S/C14H24N2O/c1-9(2)12(17)16-15-11-8-10-6-7-14(11,5)13(10,3)4/h9-10H,6-8H2,1-5H3,(H,16,17)/b15-11-. The lowest BCUT2D eigenvalue weighted by atomic mass is 9.70. The normalized spacial score (nSPS) is 36.8. The van der Waals surface area contributed by atoms with Crippen molar-refractivity contribution in [3.05, 3.63) is 0 Å². The first-order valence-electron chi connectivity index (χ1n) is 6.66. The fourth-order valence-electron chi connectivity index (χ4n) is 3.35. The van der Waals surface area contributed by atoms with Crippen LogP contribution in [0, 0.1) is 22.7 Å². The van der Waals surface area contributed by atoms with Crippen molar-refractivity contribution < 1.29 is 4.79 Å². The van der Waals surface area contributed by atoms with E-state index in [0.717, 1.165) is 12.3 Å². The fourth-order valence-corrected chi connectivity index (χ4v) is 3.35. The number of nitrogens with one attached hydrogen (secondary N) is 1. The summed E-state index contributed by atoms with van der Waals surface area (Å²) < 4.78 is 0. The summed E-state index contributed by atoms with van der Waals surface area (Å²) in [7, 11) is 0. The van der Waals surface area contributed by atoms with Crippen molar-refractivity contribution in [2.45, 2.75) is 53.9 Å². The Morgan fingerprint density at radius 3 is 2.47 bits per heavy atom. The van der Waals surface area contributed by atoms with E-state index in [1.165, 1.54) is 18.6 Å². The maximum absolute atomic E-state index is 11.6. The van der Waals surface area contributed by atoms with Crippen molar-refractivity contribution in [3.8, 4) is 0 Å². The molecule has 1 amide bonds. The lowest BCUT2D eigenvalue weighted by Gasteiger charge is -2.34. The molecule has 0 radical (unpaired) electrons. The molecule has 2 atom stereocenters. The van der Waals surface area contributed by atoms with Gasteiger partial charge in [0.15, 0.2) is 0 Å². The number of hydrogen-bond donors (Lipinski definition) is 1. The van der Waals surface area contributed by atoms with Gasteiger partial charge >= 0.3 is 0 Å². The van der Waals surface area contributed by atoms with E-state index in [1.807, 2.05) is 13.8 Å². The van der Waals surface area contributed by atoms with Gasteiger partial charge in [-0.05, 0) is 30.6 Å². The average molecular weight is 236 g/mol. The van der Waals surface area contributed by atoms with E-state index < -0.39 is 0 Å². The first-order chi connectivity index (χ1) is 7.79. The topological polar surface area (TPSA) is 41.5 Å². The maximum atomic E-state index is 11.6. The maximum Gasteiger partial charge on any atom is 0.242 e. The van der Waals surface area contributed by atoms with Crippen LogP contribution >= 0.6 is 0 Å². The Morgan fingerprint density at radius 2 is 2.06 bits per heavy atom. The van der Waals surface area contributed by atoms with Crippen LogP contribution in [0.25, 0.3) is 0 Å². The van der Waals surface area contributed by atoms with Crippen LogP contribution in [0.2, 0.25) is 0 Å². The summed E-state index contributed by atoms with van der Waals surface area (Å²) in [6.45, 7) is 10.8. The highest BCUT2D eigenvalue weighted by Crippen LogP contribution is 2.63. The van der Waals surface area contributed by atoms with E-state index in [4.69, 9.17) is 0 Å². The predicted molar refractivity (Wildman–Crippen MR) is 69.6 cm³/mol. The SMILES string of the molecule is CC(C)C(=O)N/N=C1/CC2CCC1(C)C2(C)C. The second-order valence-corrected chi connectivity index (χ2v) is 6.68. The Morgan fingerprint density at radius 1 is 1.41 bits per heavy atom. The Hall–Kier alpha value is -0.860. The van der Waals surface area contributed by atoms with Gasteiger partial charge in [0, 0.05) is 17.0 Å². The fraction of sp³-hybridized carbons (Fsp3) is 0.857. The highest BCUT2D eigenvalue weighted by molar-refractivity contribution is 5.95. The lowest BCUT2D eigenvalue weighted by molar-refractivity contribution is -0.123. The van der Waals surface area contributed by atoms with Gasteiger partial charge in [0.25, 0.3) is 0 Å². The highest BCUT2D eigenvalue weighted by Gasteiger charge is 2.59. The first kappa shape index (κ1) is 12.6. The van der Waals surface area contributed by atoms with Crippen LogP contribution in [0.4, 0.5) is 0 Å². The molecule has 0 aromatic rings. The summed E-state index contributed by atoms with van der Waals surface area (Å²) in [5.41, 5.74) is 4.43. The van der Waals surface area contributed by atoms with E-state index in [9.17, 15) is 4.79 Å². The number of hydrogen-bond acceptors (Lipinski definition) is 2. The summed E-state index contributed by atoms with van der Waals surface area (Å²) in [6.07, 6.45) is 3.57. The second kappa shape index (κ2) is 3.82. The van der Waals surface area contributed by atoms with Crippen molar-refractivity contribution in [2.24, 2.45) is 27.8 Å². The third kappa shape index (κ3) is 1.71. The minimum absolute atomic E-state index is 0.00115. The molecule has 17 heavy (non-hydrogen) atoms. The minimum Gasteiger partial charge on any atom is -0.273 e. The molecule has 2 bridgehead atoms. The Bertz CT molecular complexity index is 370. The molecule has 96 valence electrons. The average Bonchev–Trinajstić information content (AvgIpc) is 2.57. The van der Waals surface area contributed by atoms with Gasteiger partial charge < -0.3 is 0 Å². The molecule has 2 aliphatic rings. The molecule has 0 spiro atoms. The van der Waals surface area contributed by atoms with Gasteiger partial charge in [-0.2, -0.15) is 5.10 Å². The molecule has 0 aromatic carbocycles. The number of carbonyl (C=O) groups excluding carboxylic acids is 1. The Kier molecular flexibility index (Phi) is 2.83. The third-order valence-corrected chi connectivity index (χ3v) is 5.34. The van der Waals surface area contributed by atoms with Crippen molar-refractivity contribution in [3.63, 3.8) is 0 Å². The quantitative estimate of drug-likeness (QED) is 0.736. The van der Waals surface area contributed by atoms with Gasteiger partial charge in [-0.25, -0.2) is 5.43 Å². The van der Waals surface area contributed by atoms with Crippen LogP contribution in [0.3, 0.4) is 0 Å². The monoisotopic (exact) mass is 236 g/mol. The van der Waals surface area contributed by atoms with Crippen LogP contribution in [-0.4, -0.2) is 11.6 Å². The van der Waals surface area contributed by atoms with Gasteiger partial charge in [0.2, 0.25) is 5.91 Å². The largest absolute Gasteiger partial charge is 0.273 e. The smallest absolute Gasteiger partial charge is 0.242 e. The predicted octanol–water partition coefficient (Wildman–Crippen LogP) is 2.96.